The summed E-state index contributed by atoms with van der Waals surface area (Å²) in [5, 5.41) is 5.54. The highest BCUT2D eigenvalue weighted by atomic mass is 32.2. The van der Waals surface area contributed by atoms with Crippen molar-refractivity contribution in [1.82, 2.24) is 9.62 Å². The number of rotatable bonds is 5. The Balaban J connectivity index is 1.55. The van der Waals surface area contributed by atoms with E-state index >= 15 is 0 Å². The second kappa shape index (κ2) is 9.75. The third-order valence-electron chi connectivity index (χ3n) is 4.18. The van der Waals surface area contributed by atoms with E-state index in [1.807, 2.05) is 30.3 Å². The van der Waals surface area contributed by atoms with Crippen molar-refractivity contribution in [2.75, 3.05) is 31.6 Å². The van der Waals surface area contributed by atoms with E-state index in [0.29, 0.717) is 32.0 Å². The van der Waals surface area contributed by atoms with Gasteiger partial charge in [-0.3, -0.25) is 10.1 Å². The summed E-state index contributed by atoms with van der Waals surface area (Å²) < 4.78 is 31.8. The molecule has 0 radical (unpaired) electrons. The van der Waals surface area contributed by atoms with E-state index in [9.17, 15) is 13.2 Å². The Morgan fingerprint density at radius 2 is 1.69 bits per heavy atom. The predicted octanol–water partition coefficient (Wildman–Crippen LogP) is 2.23. The van der Waals surface area contributed by atoms with Crippen molar-refractivity contribution in [2.24, 2.45) is 0 Å². The molecule has 1 aliphatic rings. The van der Waals surface area contributed by atoms with Crippen molar-refractivity contribution in [3.05, 3.63) is 66.2 Å². The van der Waals surface area contributed by atoms with Crippen LogP contribution in [0.1, 0.15) is 5.56 Å². The lowest BCUT2D eigenvalue weighted by atomic mass is 10.2. The molecule has 9 heteroatoms. The zero-order valence-electron chi connectivity index (χ0n) is 15.6. The zero-order chi connectivity index (χ0) is 20.7. The molecule has 2 aromatic carbocycles. The lowest BCUT2D eigenvalue weighted by Crippen LogP contribution is -2.40. The maximum absolute atomic E-state index is 12.6. The lowest BCUT2D eigenvalue weighted by molar-refractivity contribution is -0.115. The van der Waals surface area contributed by atoms with Gasteiger partial charge in [0.1, 0.15) is 0 Å². The van der Waals surface area contributed by atoms with Crippen LogP contribution in [0.25, 0.3) is 6.08 Å². The van der Waals surface area contributed by atoms with Gasteiger partial charge in [0.15, 0.2) is 5.11 Å². The van der Waals surface area contributed by atoms with Crippen molar-refractivity contribution in [1.29, 1.82) is 0 Å². The Kier molecular flexibility index (Phi) is 7.10. The minimum absolute atomic E-state index is 0.122. The van der Waals surface area contributed by atoms with Crippen molar-refractivity contribution in [3.8, 4) is 0 Å². The van der Waals surface area contributed by atoms with Gasteiger partial charge in [0, 0.05) is 24.9 Å². The molecule has 152 valence electrons. The van der Waals surface area contributed by atoms with Gasteiger partial charge in [-0.25, -0.2) is 8.42 Å². The summed E-state index contributed by atoms with van der Waals surface area (Å²) in [7, 11) is -3.55. The predicted molar refractivity (Wildman–Crippen MR) is 116 cm³/mol. The second-order valence-corrected chi connectivity index (χ2v) is 8.57. The van der Waals surface area contributed by atoms with Gasteiger partial charge in [0.25, 0.3) is 0 Å². The largest absolute Gasteiger partial charge is 0.379 e. The summed E-state index contributed by atoms with van der Waals surface area (Å²) in [6, 6.07) is 15.6. The number of thiocarbonyl (C=S) groups is 1. The molecule has 1 heterocycles. The fourth-order valence-corrected chi connectivity index (χ4v) is 4.32. The Bertz CT molecular complexity index is 984. The highest BCUT2D eigenvalue weighted by Crippen LogP contribution is 2.19. The monoisotopic (exact) mass is 431 g/mol. The molecule has 7 nitrogen and oxygen atoms in total. The average molecular weight is 432 g/mol. The average Bonchev–Trinajstić information content (AvgIpc) is 2.74. The highest BCUT2D eigenvalue weighted by molar-refractivity contribution is 7.89. The molecule has 0 spiro atoms. The van der Waals surface area contributed by atoms with Gasteiger partial charge in [-0.1, -0.05) is 30.3 Å². The number of amides is 1. The lowest BCUT2D eigenvalue weighted by Gasteiger charge is -2.26. The van der Waals surface area contributed by atoms with Crippen LogP contribution in [-0.2, 0) is 19.6 Å². The quantitative estimate of drug-likeness (QED) is 0.558. The van der Waals surface area contributed by atoms with Crippen LogP contribution in [0.5, 0.6) is 0 Å². The topological polar surface area (TPSA) is 87.7 Å². The molecule has 0 unspecified atom stereocenters. The van der Waals surface area contributed by atoms with Crippen molar-refractivity contribution in [2.45, 2.75) is 4.90 Å². The van der Waals surface area contributed by atoms with Crippen LogP contribution in [0.2, 0.25) is 0 Å². The summed E-state index contributed by atoms with van der Waals surface area (Å²) in [6.45, 7) is 1.47. The minimum Gasteiger partial charge on any atom is -0.379 e. The van der Waals surface area contributed by atoms with Crippen LogP contribution >= 0.6 is 12.2 Å². The molecule has 2 aromatic rings. The van der Waals surface area contributed by atoms with Crippen LogP contribution in [0.4, 0.5) is 5.69 Å². The summed E-state index contributed by atoms with van der Waals surface area (Å²) in [6.07, 6.45) is 3.07. The van der Waals surface area contributed by atoms with Crippen molar-refractivity contribution >= 4 is 45.0 Å². The summed E-state index contributed by atoms with van der Waals surface area (Å²) in [5.41, 5.74) is 1.47. The SMILES string of the molecule is O=C(C=Cc1ccccc1)NC(=S)Nc1ccc(S(=O)(=O)N2CCOCC2)cc1. The Morgan fingerprint density at radius 1 is 1.03 bits per heavy atom. The first kappa shape index (κ1) is 21.1. The van der Waals surface area contributed by atoms with Gasteiger partial charge in [-0.05, 0) is 48.1 Å². The second-order valence-electron chi connectivity index (χ2n) is 6.23. The number of hydrogen-bond acceptors (Lipinski definition) is 5. The summed E-state index contributed by atoms with van der Waals surface area (Å²) in [5.74, 6) is -0.363. The number of carbonyl (C=O) groups excluding carboxylic acids is 1. The van der Waals surface area contributed by atoms with Gasteiger partial charge in [-0.2, -0.15) is 4.31 Å². The van der Waals surface area contributed by atoms with Crippen LogP contribution in [0.15, 0.2) is 65.6 Å². The maximum atomic E-state index is 12.6. The Hall–Kier alpha value is -2.59. The van der Waals surface area contributed by atoms with Crippen molar-refractivity contribution in [3.63, 3.8) is 0 Å². The maximum Gasteiger partial charge on any atom is 0.250 e. The van der Waals surface area contributed by atoms with E-state index in [-0.39, 0.29) is 15.9 Å². The van der Waals surface area contributed by atoms with Gasteiger partial charge in [0.05, 0.1) is 18.1 Å². The molecule has 29 heavy (non-hydrogen) atoms. The molecule has 0 saturated carbocycles. The molecular weight excluding hydrogens is 410 g/mol. The number of sulfonamides is 1. The fraction of sp³-hybridized carbons (Fsp3) is 0.200. The van der Waals surface area contributed by atoms with Crippen LogP contribution in [-0.4, -0.2) is 50.0 Å². The number of morpholine rings is 1. The molecule has 3 rings (SSSR count). The summed E-state index contributed by atoms with van der Waals surface area (Å²) >= 11 is 5.13. The minimum atomic E-state index is -3.55. The van der Waals surface area contributed by atoms with Crippen LogP contribution < -0.4 is 10.6 Å². The van der Waals surface area contributed by atoms with E-state index in [1.54, 1.807) is 18.2 Å². The first-order valence-corrected chi connectivity index (χ1v) is 10.8. The number of anilines is 1. The molecule has 1 amide bonds. The van der Waals surface area contributed by atoms with E-state index in [0.717, 1.165) is 5.56 Å². The van der Waals surface area contributed by atoms with E-state index in [1.165, 1.54) is 22.5 Å². The normalized spacial score (nSPS) is 15.2. The number of ether oxygens (including phenoxy) is 1. The Labute approximate surface area is 175 Å². The third-order valence-corrected chi connectivity index (χ3v) is 6.30. The van der Waals surface area contributed by atoms with Gasteiger partial charge in [-0.15, -0.1) is 0 Å². The molecular formula is C20H21N3O4S2. The molecule has 1 saturated heterocycles. The molecule has 1 aliphatic heterocycles. The first-order chi connectivity index (χ1) is 13.9. The number of benzene rings is 2. The van der Waals surface area contributed by atoms with Crippen LogP contribution in [0.3, 0.4) is 0 Å². The van der Waals surface area contributed by atoms with E-state index in [4.69, 9.17) is 17.0 Å². The zero-order valence-corrected chi connectivity index (χ0v) is 17.2. The molecule has 0 aromatic heterocycles. The number of nitrogens with zero attached hydrogens (tertiary/aromatic N) is 1. The number of carbonyl (C=O) groups is 1. The number of nitrogens with one attached hydrogen (secondary N) is 2. The third kappa shape index (κ3) is 5.94. The fourth-order valence-electron chi connectivity index (χ4n) is 2.70. The first-order valence-electron chi connectivity index (χ1n) is 8.98. The molecule has 0 bridgehead atoms. The Morgan fingerprint density at radius 3 is 2.34 bits per heavy atom. The molecule has 0 aliphatic carbocycles. The summed E-state index contributed by atoms with van der Waals surface area (Å²) in [4.78, 5) is 12.2. The van der Waals surface area contributed by atoms with Crippen LogP contribution in [0, 0.1) is 0 Å². The van der Waals surface area contributed by atoms with E-state index in [2.05, 4.69) is 10.6 Å². The molecule has 0 atom stereocenters. The standard InChI is InChI=1S/C20H21N3O4S2/c24-19(11-6-16-4-2-1-3-5-16)22-20(28)21-17-7-9-18(10-8-17)29(25,26)23-12-14-27-15-13-23/h1-11H,12-15H2,(H2,21,22,24,28). The van der Waals surface area contributed by atoms with Gasteiger partial charge < -0.3 is 10.1 Å². The smallest absolute Gasteiger partial charge is 0.250 e. The molecule has 2 N–H and O–H groups in total. The van der Waals surface area contributed by atoms with E-state index < -0.39 is 10.0 Å². The van der Waals surface area contributed by atoms with Crippen molar-refractivity contribution < 1.29 is 17.9 Å². The van der Waals surface area contributed by atoms with Gasteiger partial charge >= 0.3 is 0 Å². The molecule has 1 fully saturated rings. The highest BCUT2D eigenvalue weighted by Gasteiger charge is 2.26. The van der Waals surface area contributed by atoms with Gasteiger partial charge in [0.2, 0.25) is 15.9 Å². The number of hydrogen-bond donors (Lipinski definition) is 2.